The Morgan fingerprint density at radius 3 is 2.39 bits per heavy atom. The van der Waals surface area contributed by atoms with E-state index in [1.807, 2.05) is 6.92 Å². The highest BCUT2D eigenvalue weighted by molar-refractivity contribution is 5.11. The maximum absolute atomic E-state index is 6.36. The van der Waals surface area contributed by atoms with Gasteiger partial charge in [-0.25, -0.2) is 0 Å². The van der Waals surface area contributed by atoms with Crippen LogP contribution in [0.1, 0.15) is 51.5 Å². The first-order valence-corrected chi connectivity index (χ1v) is 6.46. The van der Waals surface area contributed by atoms with Crippen molar-refractivity contribution >= 4 is 0 Å². The minimum Gasteiger partial charge on any atom is -0.369 e. The summed E-state index contributed by atoms with van der Waals surface area (Å²) in [4.78, 5) is 8.67. The van der Waals surface area contributed by atoms with Crippen molar-refractivity contribution in [1.29, 1.82) is 0 Å². The lowest BCUT2D eigenvalue weighted by molar-refractivity contribution is -0.0768. The van der Waals surface area contributed by atoms with E-state index in [1.165, 1.54) is 0 Å². The number of aromatic nitrogens is 2. The first kappa shape index (κ1) is 13.4. The molecule has 1 aromatic rings. The Morgan fingerprint density at radius 2 is 1.94 bits per heavy atom. The van der Waals surface area contributed by atoms with E-state index in [1.54, 1.807) is 12.4 Å². The summed E-state index contributed by atoms with van der Waals surface area (Å²) in [5.41, 5.74) is 7.77. The number of hydrogen-bond acceptors (Lipinski definition) is 4. The van der Waals surface area contributed by atoms with Crippen LogP contribution in [0.25, 0.3) is 0 Å². The van der Waals surface area contributed by atoms with Gasteiger partial charge in [0.1, 0.15) is 0 Å². The Hall–Kier alpha value is -1.00. The average Bonchev–Trinajstić information content (AvgIpc) is 2.47. The van der Waals surface area contributed by atoms with Crippen molar-refractivity contribution in [2.45, 2.75) is 58.3 Å². The van der Waals surface area contributed by atoms with Crippen molar-refractivity contribution < 1.29 is 4.74 Å². The molecule has 1 aromatic heterocycles. The maximum atomic E-state index is 6.36. The summed E-state index contributed by atoms with van der Waals surface area (Å²) in [5.74, 6) is 0.254. The van der Waals surface area contributed by atoms with E-state index >= 15 is 0 Å². The normalized spacial score (nSPS) is 27.1. The molecule has 2 heterocycles. The van der Waals surface area contributed by atoms with Crippen LogP contribution in [0.3, 0.4) is 0 Å². The second-order valence-electron chi connectivity index (χ2n) is 6.38. The zero-order chi connectivity index (χ0) is 13.6. The minimum absolute atomic E-state index is 0.121. The zero-order valence-electron chi connectivity index (χ0n) is 11.9. The Morgan fingerprint density at radius 1 is 1.28 bits per heavy atom. The second-order valence-corrected chi connectivity index (χ2v) is 6.38. The van der Waals surface area contributed by atoms with Crippen LogP contribution in [0.5, 0.6) is 0 Å². The highest BCUT2D eigenvalue weighted by Gasteiger charge is 2.48. The van der Waals surface area contributed by atoms with Crippen LogP contribution < -0.4 is 5.73 Å². The highest BCUT2D eigenvalue weighted by atomic mass is 16.5. The van der Waals surface area contributed by atoms with Crippen LogP contribution in [0.2, 0.25) is 0 Å². The van der Waals surface area contributed by atoms with Crippen molar-refractivity contribution in [3.63, 3.8) is 0 Å². The summed E-state index contributed by atoms with van der Waals surface area (Å²) in [5, 5.41) is 0. The summed E-state index contributed by atoms with van der Waals surface area (Å²) in [6, 6.07) is -0.130. The van der Waals surface area contributed by atoms with Gasteiger partial charge in [-0.05, 0) is 41.0 Å². The molecule has 1 aliphatic rings. The molecule has 4 nitrogen and oxygen atoms in total. The Labute approximate surface area is 109 Å². The molecule has 4 heteroatoms. The van der Waals surface area contributed by atoms with Crippen molar-refractivity contribution in [3.05, 3.63) is 23.8 Å². The van der Waals surface area contributed by atoms with Gasteiger partial charge >= 0.3 is 0 Å². The van der Waals surface area contributed by atoms with E-state index in [0.717, 1.165) is 17.8 Å². The Kier molecular flexibility index (Phi) is 3.19. The zero-order valence-corrected chi connectivity index (χ0v) is 11.9. The molecule has 2 unspecified atom stereocenters. The van der Waals surface area contributed by atoms with Gasteiger partial charge in [0.25, 0.3) is 0 Å². The monoisotopic (exact) mass is 249 g/mol. The highest BCUT2D eigenvalue weighted by Crippen LogP contribution is 2.46. The first-order chi connectivity index (χ1) is 8.21. The molecule has 0 amide bonds. The molecule has 0 spiro atoms. The van der Waals surface area contributed by atoms with Crippen molar-refractivity contribution in [2.75, 3.05) is 0 Å². The van der Waals surface area contributed by atoms with Crippen molar-refractivity contribution in [1.82, 2.24) is 9.97 Å². The standard InChI is InChI=1S/C14H23N3O/c1-9-7-17-11(8-16-9)12(15)10-6-13(2,3)18-14(10,4)5/h7-8,10,12H,6,15H2,1-5H3. The van der Waals surface area contributed by atoms with E-state index < -0.39 is 0 Å². The molecule has 0 bridgehead atoms. The lowest BCUT2D eigenvalue weighted by atomic mass is 9.81. The molecule has 100 valence electrons. The third kappa shape index (κ3) is 2.54. The molecule has 0 radical (unpaired) electrons. The van der Waals surface area contributed by atoms with Gasteiger partial charge in [-0.15, -0.1) is 0 Å². The van der Waals surface area contributed by atoms with E-state index in [9.17, 15) is 0 Å². The third-order valence-corrected chi connectivity index (χ3v) is 3.72. The molecule has 2 atom stereocenters. The van der Waals surface area contributed by atoms with E-state index in [4.69, 9.17) is 10.5 Å². The molecule has 1 saturated heterocycles. The Bertz CT molecular complexity index is 425. The predicted molar refractivity (Wildman–Crippen MR) is 71.0 cm³/mol. The molecular formula is C14H23N3O. The SMILES string of the molecule is Cc1cnc(C(N)C2CC(C)(C)OC2(C)C)cn1. The van der Waals surface area contributed by atoms with Gasteiger partial charge in [0.05, 0.1) is 34.8 Å². The van der Waals surface area contributed by atoms with Crippen LogP contribution in [0.15, 0.2) is 12.4 Å². The number of aryl methyl sites for hydroxylation is 1. The third-order valence-electron chi connectivity index (χ3n) is 3.72. The number of nitrogens with two attached hydrogens (primary N) is 1. The number of rotatable bonds is 2. The van der Waals surface area contributed by atoms with Gasteiger partial charge in [-0.3, -0.25) is 9.97 Å². The first-order valence-electron chi connectivity index (χ1n) is 6.46. The van der Waals surface area contributed by atoms with Crippen LogP contribution in [-0.4, -0.2) is 21.2 Å². The number of ether oxygens (including phenoxy) is 1. The summed E-state index contributed by atoms with van der Waals surface area (Å²) in [6.45, 7) is 10.4. The van der Waals surface area contributed by atoms with Gasteiger partial charge in [-0.2, -0.15) is 0 Å². The fourth-order valence-electron chi connectivity index (χ4n) is 2.95. The van der Waals surface area contributed by atoms with Gasteiger partial charge in [0, 0.05) is 12.1 Å². The van der Waals surface area contributed by atoms with Crippen LogP contribution in [0, 0.1) is 12.8 Å². The van der Waals surface area contributed by atoms with Crippen LogP contribution in [-0.2, 0) is 4.74 Å². The van der Waals surface area contributed by atoms with Crippen LogP contribution in [0.4, 0.5) is 0 Å². The molecular weight excluding hydrogens is 226 g/mol. The molecule has 18 heavy (non-hydrogen) atoms. The fourth-order valence-corrected chi connectivity index (χ4v) is 2.95. The largest absolute Gasteiger partial charge is 0.369 e. The lowest BCUT2D eigenvalue weighted by Crippen LogP contribution is -2.36. The summed E-state index contributed by atoms with van der Waals surface area (Å²) >= 11 is 0. The average molecular weight is 249 g/mol. The van der Waals surface area contributed by atoms with E-state index in [2.05, 4.69) is 37.7 Å². The fraction of sp³-hybridized carbons (Fsp3) is 0.714. The van der Waals surface area contributed by atoms with E-state index in [0.29, 0.717) is 0 Å². The summed E-state index contributed by atoms with van der Waals surface area (Å²) in [6.07, 6.45) is 4.49. The summed E-state index contributed by atoms with van der Waals surface area (Å²) in [7, 11) is 0. The lowest BCUT2D eigenvalue weighted by Gasteiger charge is -2.30. The molecule has 1 aliphatic heterocycles. The van der Waals surface area contributed by atoms with Crippen LogP contribution >= 0.6 is 0 Å². The van der Waals surface area contributed by atoms with Gasteiger partial charge in [-0.1, -0.05) is 0 Å². The van der Waals surface area contributed by atoms with Crippen molar-refractivity contribution in [3.8, 4) is 0 Å². The molecule has 1 fully saturated rings. The molecule has 2 rings (SSSR count). The van der Waals surface area contributed by atoms with Crippen molar-refractivity contribution in [2.24, 2.45) is 11.7 Å². The smallest absolute Gasteiger partial charge is 0.0758 e. The van der Waals surface area contributed by atoms with Gasteiger partial charge < -0.3 is 10.5 Å². The quantitative estimate of drug-likeness (QED) is 0.874. The minimum atomic E-state index is -0.227. The van der Waals surface area contributed by atoms with Gasteiger partial charge in [0.15, 0.2) is 0 Å². The molecule has 0 aliphatic carbocycles. The van der Waals surface area contributed by atoms with Gasteiger partial charge in [0.2, 0.25) is 0 Å². The van der Waals surface area contributed by atoms with E-state index in [-0.39, 0.29) is 23.2 Å². The maximum Gasteiger partial charge on any atom is 0.0758 e. The number of hydrogen-bond donors (Lipinski definition) is 1. The number of nitrogens with zero attached hydrogens (tertiary/aromatic N) is 2. The Balaban J connectivity index is 2.23. The summed E-state index contributed by atoms with van der Waals surface area (Å²) < 4.78 is 6.09. The molecule has 0 aromatic carbocycles. The predicted octanol–water partition coefficient (Wildman–Crippen LogP) is 2.38. The molecule has 2 N–H and O–H groups in total. The topological polar surface area (TPSA) is 61.0 Å². The second kappa shape index (κ2) is 4.28. The molecule has 0 saturated carbocycles.